The Labute approximate surface area is 125 Å². The molecule has 0 aliphatic heterocycles. The second-order valence-electron chi connectivity index (χ2n) is 5.76. The number of hydrogen-bond acceptors (Lipinski definition) is 2. The van der Waals surface area contributed by atoms with Crippen LogP contribution in [0.4, 0.5) is 0 Å². The van der Waals surface area contributed by atoms with E-state index in [1.807, 2.05) is 6.92 Å². The molecule has 0 aromatic heterocycles. The third kappa shape index (κ3) is 3.53. The van der Waals surface area contributed by atoms with E-state index in [0.29, 0.717) is 17.1 Å². The lowest BCUT2D eigenvalue weighted by Gasteiger charge is -2.31. The highest BCUT2D eigenvalue weighted by Crippen LogP contribution is 2.25. The molecule has 20 heavy (non-hydrogen) atoms. The third-order valence-electron chi connectivity index (χ3n) is 4.14. The van der Waals surface area contributed by atoms with E-state index in [4.69, 9.17) is 11.6 Å². The molecule has 3 nitrogen and oxygen atoms in total. The lowest BCUT2D eigenvalue weighted by Crippen LogP contribution is -2.38. The molecule has 1 fully saturated rings. The van der Waals surface area contributed by atoms with Crippen LogP contribution in [0.25, 0.3) is 0 Å². The number of aliphatic hydroxyl groups is 1. The van der Waals surface area contributed by atoms with E-state index in [-0.39, 0.29) is 17.9 Å². The van der Waals surface area contributed by atoms with Gasteiger partial charge in [-0.05, 0) is 43.5 Å². The first-order chi connectivity index (χ1) is 9.49. The molecule has 1 N–H and O–H groups in total. The van der Waals surface area contributed by atoms with Crippen LogP contribution in [0.15, 0.2) is 18.2 Å². The van der Waals surface area contributed by atoms with Gasteiger partial charge in [-0.1, -0.05) is 24.4 Å². The molecule has 2 atom stereocenters. The average molecular weight is 296 g/mol. The first-order valence-electron chi connectivity index (χ1n) is 7.18. The number of carbonyl (C=O) groups is 1. The minimum absolute atomic E-state index is 0.00283. The monoisotopic (exact) mass is 295 g/mol. The summed E-state index contributed by atoms with van der Waals surface area (Å²) in [5.41, 5.74) is 1.57. The molecule has 2 unspecified atom stereocenters. The van der Waals surface area contributed by atoms with Gasteiger partial charge >= 0.3 is 0 Å². The molecule has 1 aromatic rings. The second kappa shape index (κ2) is 6.59. The summed E-state index contributed by atoms with van der Waals surface area (Å²) in [6.45, 7) is 2.50. The molecule has 1 aliphatic rings. The van der Waals surface area contributed by atoms with Gasteiger partial charge in [0.1, 0.15) is 0 Å². The number of halogens is 1. The standard InChI is InChI=1S/C16H22ClNO2/c1-11-9-13(17)7-8-14(11)16(20)18(2)10-12-5-3-4-6-15(12)19/h7-9,12,15,19H,3-6,10H2,1-2H3. The fraction of sp³-hybridized carbons (Fsp3) is 0.562. The number of aliphatic hydroxyl groups excluding tert-OH is 1. The third-order valence-corrected chi connectivity index (χ3v) is 4.38. The van der Waals surface area contributed by atoms with Gasteiger partial charge in [0.15, 0.2) is 0 Å². The number of aryl methyl sites for hydroxylation is 1. The fourth-order valence-corrected chi connectivity index (χ4v) is 3.14. The maximum Gasteiger partial charge on any atom is 0.253 e. The van der Waals surface area contributed by atoms with Crippen LogP contribution in [0.2, 0.25) is 5.02 Å². The maximum absolute atomic E-state index is 12.5. The molecule has 1 amide bonds. The van der Waals surface area contributed by atoms with Crippen LogP contribution in [0, 0.1) is 12.8 Å². The van der Waals surface area contributed by atoms with Gasteiger partial charge in [0, 0.05) is 30.1 Å². The van der Waals surface area contributed by atoms with Gasteiger partial charge in [0.2, 0.25) is 0 Å². The van der Waals surface area contributed by atoms with Gasteiger partial charge in [-0.15, -0.1) is 0 Å². The van der Waals surface area contributed by atoms with E-state index in [1.54, 1.807) is 30.1 Å². The predicted molar refractivity (Wildman–Crippen MR) is 81.1 cm³/mol. The summed E-state index contributed by atoms with van der Waals surface area (Å²) in [6.07, 6.45) is 3.81. The highest BCUT2D eigenvalue weighted by molar-refractivity contribution is 6.30. The van der Waals surface area contributed by atoms with Crippen molar-refractivity contribution in [2.75, 3.05) is 13.6 Å². The van der Waals surface area contributed by atoms with Crippen molar-refractivity contribution in [3.8, 4) is 0 Å². The molecule has 0 spiro atoms. The summed E-state index contributed by atoms with van der Waals surface area (Å²) >= 11 is 5.92. The van der Waals surface area contributed by atoms with Crippen molar-refractivity contribution in [3.63, 3.8) is 0 Å². The second-order valence-corrected chi connectivity index (χ2v) is 6.19. The lowest BCUT2D eigenvalue weighted by molar-refractivity contribution is 0.0451. The normalized spacial score (nSPS) is 22.6. The molecule has 0 bridgehead atoms. The Hall–Kier alpha value is -1.06. The number of nitrogens with zero attached hydrogens (tertiary/aromatic N) is 1. The first kappa shape index (κ1) is 15.3. The summed E-state index contributed by atoms with van der Waals surface area (Å²) in [7, 11) is 1.80. The van der Waals surface area contributed by atoms with Gasteiger partial charge in [-0.25, -0.2) is 0 Å². The highest BCUT2D eigenvalue weighted by Gasteiger charge is 2.26. The van der Waals surface area contributed by atoms with Gasteiger partial charge < -0.3 is 10.0 Å². The molecule has 0 heterocycles. The lowest BCUT2D eigenvalue weighted by atomic mass is 9.86. The van der Waals surface area contributed by atoms with Crippen molar-refractivity contribution in [2.24, 2.45) is 5.92 Å². The summed E-state index contributed by atoms with van der Waals surface area (Å²) in [5, 5.41) is 10.6. The van der Waals surface area contributed by atoms with Crippen LogP contribution in [0.3, 0.4) is 0 Å². The van der Waals surface area contributed by atoms with E-state index in [9.17, 15) is 9.90 Å². The Morgan fingerprint density at radius 2 is 2.10 bits per heavy atom. The molecule has 1 saturated carbocycles. The number of amides is 1. The van der Waals surface area contributed by atoms with Crippen molar-refractivity contribution in [1.82, 2.24) is 4.90 Å². The van der Waals surface area contributed by atoms with Crippen molar-refractivity contribution in [1.29, 1.82) is 0 Å². The Morgan fingerprint density at radius 1 is 1.40 bits per heavy atom. The topological polar surface area (TPSA) is 40.5 Å². The van der Waals surface area contributed by atoms with Gasteiger partial charge in [-0.2, -0.15) is 0 Å². The molecular formula is C16H22ClNO2. The van der Waals surface area contributed by atoms with Crippen LogP contribution in [0.5, 0.6) is 0 Å². The minimum Gasteiger partial charge on any atom is -0.393 e. The average Bonchev–Trinajstić information content (AvgIpc) is 2.40. The molecule has 110 valence electrons. The van der Waals surface area contributed by atoms with E-state index in [1.165, 1.54) is 0 Å². The van der Waals surface area contributed by atoms with E-state index in [2.05, 4.69) is 0 Å². The van der Waals surface area contributed by atoms with Gasteiger partial charge in [0.05, 0.1) is 6.10 Å². The highest BCUT2D eigenvalue weighted by atomic mass is 35.5. The first-order valence-corrected chi connectivity index (χ1v) is 7.56. The Balaban J connectivity index is 2.04. The Bertz CT molecular complexity index is 489. The fourth-order valence-electron chi connectivity index (χ4n) is 2.91. The maximum atomic E-state index is 12.5. The summed E-state index contributed by atoms with van der Waals surface area (Å²) in [6, 6.07) is 5.32. The Kier molecular flexibility index (Phi) is 5.06. The van der Waals surface area contributed by atoms with Gasteiger partial charge in [0.25, 0.3) is 5.91 Å². The molecule has 1 aliphatic carbocycles. The van der Waals surface area contributed by atoms with Gasteiger partial charge in [-0.3, -0.25) is 4.79 Å². The van der Waals surface area contributed by atoms with E-state index < -0.39 is 0 Å². The van der Waals surface area contributed by atoms with E-state index in [0.717, 1.165) is 31.2 Å². The quantitative estimate of drug-likeness (QED) is 0.930. The molecule has 4 heteroatoms. The zero-order valence-corrected chi connectivity index (χ0v) is 12.9. The van der Waals surface area contributed by atoms with Crippen LogP contribution in [-0.4, -0.2) is 35.6 Å². The van der Waals surface area contributed by atoms with E-state index >= 15 is 0 Å². The summed E-state index contributed by atoms with van der Waals surface area (Å²) in [4.78, 5) is 14.2. The van der Waals surface area contributed by atoms with Crippen molar-refractivity contribution < 1.29 is 9.90 Å². The van der Waals surface area contributed by atoms with Crippen molar-refractivity contribution >= 4 is 17.5 Å². The number of hydrogen-bond donors (Lipinski definition) is 1. The van der Waals surface area contributed by atoms with Crippen molar-refractivity contribution in [2.45, 2.75) is 38.7 Å². The minimum atomic E-state index is -0.273. The predicted octanol–water partition coefficient (Wildman–Crippen LogP) is 3.27. The Morgan fingerprint density at radius 3 is 2.75 bits per heavy atom. The summed E-state index contributed by atoms with van der Waals surface area (Å²) < 4.78 is 0. The molecule has 1 aromatic carbocycles. The molecule has 0 saturated heterocycles. The smallest absolute Gasteiger partial charge is 0.253 e. The van der Waals surface area contributed by atoms with Crippen LogP contribution in [-0.2, 0) is 0 Å². The SMILES string of the molecule is Cc1cc(Cl)ccc1C(=O)N(C)CC1CCCCC1O. The number of rotatable bonds is 3. The largest absolute Gasteiger partial charge is 0.393 e. The van der Waals surface area contributed by atoms with Crippen molar-refractivity contribution in [3.05, 3.63) is 34.3 Å². The zero-order valence-electron chi connectivity index (χ0n) is 12.1. The number of carbonyl (C=O) groups excluding carboxylic acids is 1. The zero-order chi connectivity index (χ0) is 14.7. The molecule has 0 radical (unpaired) electrons. The van der Waals surface area contributed by atoms with Crippen LogP contribution < -0.4 is 0 Å². The van der Waals surface area contributed by atoms with Crippen LogP contribution in [0.1, 0.15) is 41.6 Å². The molecule has 2 rings (SSSR count). The van der Waals surface area contributed by atoms with Crippen LogP contribution >= 0.6 is 11.6 Å². The number of benzene rings is 1. The summed E-state index contributed by atoms with van der Waals surface area (Å²) in [5.74, 6) is 0.197. The molecular weight excluding hydrogens is 274 g/mol.